The van der Waals surface area contributed by atoms with Crippen LogP contribution in [0.4, 0.5) is 0 Å². The first kappa shape index (κ1) is 14.8. The summed E-state index contributed by atoms with van der Waals surface area (Å²) in [6.45, 7) is 4.51. The summed E-state index contributed by atoms with van der Waals surface area (Å²) in [4.78, 5) is 4.87. The van der Waals surface area contributed by atoms with Gasteiger partial charge in [-0.2, -0.15) is 0 Å². The van der Waals surface area contributed by atoms with Gasteiger partial charge in [0.2, 0.25) is 0 Å². The Morgan fingerprint density at radius 1 is 0.950 bits per heavy atom. The van der Waals surface area contributed by atoms with Crippen LogP contribution in [-0.4, -0.2) is 6.21 Å². The summed E-state index contributed by atoms with van der Waals surface area (Å²) >= 11 is 0. The van der Waals surface area contributed by atoms with E-state index in [1.165, 1.54) is 5.56 Å². The Hall–Kier alpha value is -1.63. The van der Waals surface area contributed by atoms with Gasteiger partial charge < -0.3 is 0 Å². The average molecular weight is 267 g/mol. The summed E-state index contributed by atoms with van der Waals surface area (Å²) in [6, 6.07) is 10.9. The van der Waals surface area contributed by atoms with Gasteiger partial charge in [-0.1, -0.05) is 68.5 Å². The van der Waals surface area contributed by atoms with Crippen LogP contribution in [0.2, 0.25) is 0 Å². The molecule has 0 fully saturated rings. The molecule has 0 aromatic heterocycles. The number of benzene rings is 1. The highest BCUT2D eigenvalue weighted by Crippen LogP contribution is 2.25. The van der Waals surface area contributed by atoms with Crippen molar-refractivity contribution in [3.05, 3.63) is 60.2 Å². The summed E-state index contributed by atoms with van der Waals surface area (Å²) in [5.41, 5.74) is 1.43. The zero-order chi connectivity index (χ0) is 14.3. The van der Waals surface area contributed by atoms with Crippen molar-refractivity contribution in [1.82, 2.24) is 0 Å². The molecule has 20 heavy (non-hydrogen) atoms. The molecule has 1 aromatic carbocycles. The summed E-state index contributed by atoms with van der Waals surface area (Å²) in [6.07, 6.45) is 15.6. The quantitative estimate of drug-likeness (QED) is 0.595. The molecule has 1 aliphatic heterocycles. The first-order valence-corrected chi connectivity index (χ1v) is 7.57. The van der Waals surface area contributed by atoms with Crippen LogP contribution in [-0.2, 0) is 0 Å². The minimum atomic E-state index is 0.131. The van der Waals surface area contributed by atoms with Crippen molar-refractivity contribution < 1.29 is 0 Å². The second-order valence-electron chi connectivity index (χ2n) is 6.15. The van der Waals surface area contributed by atoms with E-state index < -0.39 is 0 Å². The van der Waals surface area contributed by atoms with Gasteiger partial charge in [0.25, 0.3) is 0 Å². The van der Waals surface area contributed by atoms with Crippen LogP contribution in [0.1, 0.15) is 51.1 Å². The van der Waals surface area contributed by atoms with E-state index in [2.05, 4.69) is 74.7 Å². The summed E-state index contributed by atoms with van der Waals surface area (Å²) in [7, 11) is 0. The Morgan fingerprint density at radius 3 is 2.40 bits per heavy atom. The van der Waals surface area contributed by atoms with E-state index in [9.17, 15) is 0 Å². The fourth-order valence-electron chi connectivity index (χ4n) is 2.34. The van der Waals surface area contributed by atoms with Gasteiger partial charge >= 0.3 is 0 Å². The number of hydrogen-bond donors (Lipinski definition) is 0. The number of allylic oxidation sites excluding steroid dienone is 3. The van der Waals surface area contributed by atoms with E-state index in [1.54, 1.807) is 0 Å². The maximum absolute atomic E-state index is 4.87. The molecular formula is C19H25N. The summed E-state index contributed by atoms with van der Waals surface area (Å²) < 4.78 is 0. The number of hydrogen-bond acceptors (Lipinski definition) is 1. The monoisotopic (exact) mass is 267 g/mol. The fraction of sp³-hybridized carbons (Fsp3) is 0.421. The van der Waals surface area contributed by atoms with E-state index in [0.717, 1.165) is 25.7 Å². The first-order chi connectivity index (χ1) is 9.67. The summed E-state index contributed by atoms with van der Waals surface area (Å²) in [5.74, 6) is 0. The average Bonchev–Trinajstić information content (AvgIpc) is 2.44. The fourth-order valence-corrected chi connectivity index (χ4v) is 2.34. The maximum Gasteiger partial charge on any atom is 0.0779 e. The van der Waals surface area contributed by atoms with Crippen LogP contribution >= 0.6 is 0 Å². The Labute approximate surface area is 123 Å². The SMILES string of the molecule is CC1(C)C=NC(c2ccccc2)C/C=C\CC/C=C\C1. The topological polar surface area (TPSA) is 12.4 Å². The molecular weight excluding hydrogens is 242 g/mol. The molecule has 1 heteroatoms. The normalized spacial score (nSPS) is 26.2. The Kier molecular flexibility index (Phi) is 5.34. The molecule has 1 aliphatic rings. The van der Waals surface area contributed by atoms with E-state index in [0.29, 0.717) is 0 Å². The molecule has 1 aromatic rings. The van der Waals surface area contributed by atoms with Crippen molar-refractivity contribution in [3.8, 4) is 0 Å². The van der Waals surface area contributed by atoms with Crippen LogP contribution in [0.15, 0.2) is 59.6 Å². The highest BCUT2D eigenvalue weighted by Gasteiger charge is 2.15. The molecule has 0 saturated carbocycles. The third kappa shape index (κ3) is 4.80. The Morgan fingerprint density at radius 2 is 1.65 bits per heavy atom. The van der Waals surface area contributed by atoms with Gasteiger partial charge in [-0.25, -0.2) is 0 Å². The molecule has 0 spiro atoms. The molecule has 0 amide bonds. The number of aliphatic imine (C=N–C) groups is 1. The maximum atomic E-state index is 4.87. The third-order valence-electron chi connectivity index (χ3n) is 3.62. The molecule has 1 atom stereocenters. The highest BCUT2D eigenvalue weighted by molar-refractivity contribution is 5.65. The molecule has 0 aliphatic carbocycles. The number of nitrogens with zero attached hydrogens (tertiary/aromatic N) is 1. The van der Waals surface area contributed by atoms with Crippen LogP contribution < -0.4 is 0 Å². The minimum Gasteiger partial charge on any atom is -0.289 e. The lowest BCUT2D eigenvalue weighted by Crippen LogP contribution is -2.12. The van der Waals surface area contributed by atoms with E-state index >= 15 is 0 Å². The molecule has 0 N–H and O–H groups in total. The lowest BCUT2D eigenvalue weighted by atomic mass is 9.90. The van der Waals surface area contributed by atoms with Crippen LogP contribution in [0.5, 0.6) is 0 Å². The van der Waals surface area contributed by atoms with Gasteiger partial charge in [0.1, 0.15) is 0 Å². The lowest BCUT2D eigenvalue weighted by Gasteiger charge is -2.19. The predicted octanol–water partition coefficient (Wildman–Crippen LogP) is 5.51. The minimum absolute atomic E-state index is 0.131. The van der Waals surface area contributed by atoms with Crippen molar-refractivity contribution in [2.75, 3.05) is 0 Å². The van der Waals surface area contributed by atoms with E-state index in [1.807, 2.05) is 0 Å². The smallest absolute Gasteiger partial charge is 0.0779 e. The first-order valence-electron chi connectivity index (χ1n) is 7.57. The molecule has 0 bridgehead atoms. The molecule has 1 heterocycles. The van der Waals surface area contributed by atoms with Crippen LogP contribution in [0.25, 0.3) is 0 Å². The van der Waals surface area contributed by atoms with Crippen LogP contribution in [0, 0.1) is 5.41 Å². The Bertz CT molecular complexity index is 480. The second kappa shape index (κ2) is 7.23. The van der Waals surface area contributed by atoms with Crippen LogP contribution in [0.3, 0.4) is 0 Å². The van der Waals surface area contributed by atoms with Crippen molar-refractivity contribution >= 4 is 6.21 Å². The largest absolute Gasteiger partial charge is 0.289 e. The Balaban J connectivity index is 2.22. The molecule has 1 unspecified atom stereocenters. The molecule has 0 saturated heterocycles. The number of rotatable bonds is 1. The van der Waals surface area contributed by atoms with Crippen molar-refractivity contribution in [2.45, 2.75) is 45.6 Å². The van der Waals surface area contributed by atoms with Crippen molar-refractivity contribution in [2.24, 2.45) is 10.4 Å². The third-order valence-corrected chi connectivity index (χ3v) is 3.62. The lowest BCUT2D eigenvalue weighted by molar-refractivity contribution is 0.538. The zero-order valence-electron chi connectivity index (χ0n) is 12.6. The molecule has 0 radical (unpaired) electrons. The van der Waals surface area contributed by atoms with Gasteiger partial charge in [0.05, 0.1) is 6.04 Å². The summed E-state index contributed by atoms with van der Waals surface area (Å²) in [5, 5.41) is 0. The molecule has 2 rings (SSSR count). The van der Waals surface area contributed by atoms with E-state index in [-0.39, 0.29) is 11.5 Å². The van der Waals surface area contributed by atoms with Gasteiger partial charge in [-0.3, -0.25) is 4.99 Å². The second-order valence-corrected chi connectivity index (χ2v) is 6.15. The van der Waals surface area contributed by atoms with Crippen molar-refractivity contribution in [3.63, 3.8) is 0 Å². The predicted molar refractivity (Wildman–Crippen MR) is 88.2 cm³/mol. The molecule has 1 nitrogen and oxygen atoms in total. The van der Waals surface area contributed by atoms with Gasteiger partial charge in [-0.15, -0.1) is 0 Å². The van der Waals surface area contributed by atoms with Gasteiger partial charge in [0, 0.05) is 11.6 Å². The molecule has 106 valence electrons. The standard InChI is InChI=1S/C19H25N/c1-19(2)15-11-6-4-3-5-10-14-18(20-16-19)17-12-8-7-9-13-17/h5-13,16,18H,3-4,14-15H2,1-2H3/b10-5-,11-6-,20-16?. The van der Waals surface area contributed by atoms with Crippen molar-refractivity contribution in [1.29, 1.82) is 0 Å². The highest BCUT2D eigenvalue weighted by atomic mass is 14.8. The zero-order valence-corrected chi connectivity index (χ0v) is 12.6. The van der Waals surface area contributed by atoms with Gasteiger partial charge in [0.15, 0.2) is 0 Å². The van der Waals surface area contributed by atoms with E-state index in [4.69, 9.17) is 4.99 Å². The van der Waals surface area contributed by atoms with Gasteiger partial charge in [-0.05, 0) is 31.2 Å².